The first-order valence-corrected chi connectivity index (χ1v) is 8.97. The highest BCUT2D eigenvalue weighted by Gasteiger charge is 2.24. The zero-order chi connectivity index (χ0) is 19.4. The van der Waals surface area contributed by atoms with Crippen LogP contribution in [0.25, 0.3) is 0 Å². The van der Waals surface area contributed by atoms with E-state index in [0.29, 0.717) is 11.1 Å². The standard InChI is InChI=1S/C22H26O4/c1-5-17(15-7-9-19(13(3)23)21(25)11-15)18(6-2)16-8-10-20(14(4)24)22(26)12-16/h7-12,17-18,25-26H,5-6H2,1-4H3/t17-,18-/m1/s1. The maximum atomic E-state index is 11.5. The second-order valence-electron chi connectivity index (χ2n) is 6.70. The van der Waals surface area contributed by atoms with Gasteiger partial charge < -0.3 is 10.2 Å². The molecule has 138 valence electrons. The molecule has 2 rings (SSSR count). The summed E-state index contributed by atoms with van der Waals surface area (Å²) in [5.41, 5.74) is 2.55. The van der Waals surface area contributed by atoms with Crippen molar-refractivity contribution in [3.8, 4) is 11.5 Å². The molecule has 0 heterocycles. The molecule has 2 atom stereocenters. The van der Waals surface area contributed by atoms with E-state index in [1.54, 1.807) is 24.3 Å². The van der Waals surface area contributed by atoms with Gasteiger partial charge in [-0.05, 0) is 73.9 Å². The van der Waals surface area contributed by atoms with E-state index in [4.69, 9.17) is 0 Å². The van der Waals surface area contributed by atoms with Crippen molar-refractivity contribution in [2.24, 2.45) is 0 Å². The number of carbonyl (C=O) groups is 2. The third-order valence-corrected chi connectivity index (χ3v) is 5.02. The van der Waals surface area contributed by atoms with Crippen LogP contribution < -0.4 is 0 Å². The number of rotatable bonds is 7. The fraction of sp³-hybridized carbons (Fsp3) is 0.364. The second kappa shape index (κ2) is 8.17. The summed E-state index contributed by atoms with van der Waals surface area (Å²) in [6, 6.07) is 10.4. The molecule has 0 unspecified atom stereocenters. The van der Waals surface area contributed by atoms with Crippen molar-refractivity contribution in [1.82, 2.24) is 0 Å². The minimum Gasteiger partial charge on any atom is -0.507 e. The van der Waals surface area contributed by atoms with Gasteiger partial charge in [0.1, 0.15) is 11.5 Å². The van der Waals surface area contributed by atoms with E-state index in [2.05, 4.69) is 13.8 Å². The molecular formula is C22H26O4. The minimum absolute atomic E-state index is 0.00178. The summed E-state index contributed by atoms with van der Waals surface area (Å²) in [6.45, 7) is 7.01. The van der Waals surface area contributed by atoms with Gasteiger partial charge in [-0.15, -0.1) is 0 Å². The Balaban J connectivity index is 2.43. The predicted molar refractivity (Wildman–Crippen MR) is 102 cm³/mol. The van der Waals surface area contributed by atoms with Gasteiger partial charge in [0.25, 0.3) is 0 Å². The molecule has 26 heavy (non-hydrogen) atoms. The lowest BCUT2D eigenvalue weighted by Gasteiger charge is -2.27. The molecular weight excluding hydrogens is 328 g/mol. The summed E-state index contributed by atoms with van der Waals surface area (Å²) < 4.78 is 0. The third kappa shape index (κ3) is 3.96. The Labute approximate surface area is 154 Å². The summed E-state index contributed by atoms with van der Waals surface area (Å²) in [6.07, 6.45) is 1.68. The van der Waals surface area contributed by atoms with Crippen LogP contribution in [0.2, 0.25) is 0 Å². The molecule has 0 saturated heterocycles. The maximum Gasteiger partial charge on any atom is 0.163 e. The van der Waals surface area contributed by atoms with E-state index in [-0.39, 0.29) is 34.9 Å². The van der Waals surface area contributed by atoms with Crippen LogP contribution in [0, 0.1) is 0 Å². The van der Waals surface area contributed by atoms with Crippen LogP contribution >= 0.6 is 0 Å². The minimum atomic E-state index is -0.168. The highest BCUT2D eigenvalue weighted by atomic mass is 16.3. The van der Waals surface area contributed by atoms with E-state index in [9.17, 15) is 19.8 Å². The Hall–Kier alpha value is -2.62. The summed E-state index contributed by atoms with van der Waals surface area (Å²) in [5, 5.41) is 20.3. The number of ketones is 2. The Morgan fingerprint density at radius 2 is 1.12 bits per heavy atom. The normalized spacial score (nSPS) is 13.2. The van der Waals surface area contributed by atoms with E-state index in [0.717, 1.165) is 24.0 Å². The van der Waals surface area contributed by atoms with Crippen LogP contribution in [0.5, 0.6) is 11.5 Å². The Morgan fingerprint density at radius 1 is 0.769 bits per heavy atom. The predicted octanol–water partition coefficient (Wildman–Crippen LogP) is 5.19. The summed E-state index contributed by atoms with van der Waals surface area (Å²) in [4.78, 5) is 23.1. The second-order valence-corrected chi connectivity index (χ2v) is 6.70. The molecule has 2 aromatic carbocycles. The number of phenols is 2. The van der Waals surface area contributed by atoms with E-state index in [1.807, 2.05) is 12.1 Å². The Bertz CT molecular complexity index is 753. The molecule has 2 N–H and O–H groups in total. The molecule has 0 aliphatic heterocycles. The zero-order valence-electron chi connectivity index (χ0n) is 15.7. The van der Waals surface area contributed by atoms with Crippen LogP contribution in [-0.4, -0.2) is 21.8 Å². The van der Waals surface area contributed by atoms with Crippen molar-refractivity contribution in [3.05, 3.63) is 58.7 Å². The van der Waals surface area contributed by atoms with Crippen molar-refractivity contribution in [2.75, 3.05) is 0 Å². The molecule has 4 nitrogen and oxygen atoms in total. The number of aromatic hydroxyl groups is 2. The van der Waals surface area contributed by atoms with Crippen molar-refractivity contribution in [3.63, 3.8) is 0 Å². The van der Waals surface area contributed by atoms with Crippen LogP contribution in [0.15, 0.2) is 36.4 Å². The van der Waals surface area contributed by atoms with Crippen molar-refractivity contribution in [2.45, 2.75) is 52.4 Å². The van der Waals surface area contributed by atoms with Gasteiger partial charge in [-0.25, -0.2) is 0 Å². The molecule has 2 aromatic rings. The van der Waals surface area contributed by atoms with Gasteiger partial charge in [-0.2, -0.15) is 0 Å². The molecule has 0 radical (unpaired) electrons. The molecule has 0 aliphatic carbocycles. The molecule has 0 bridgehead atoms. The lowest BCUT2D eigenvalue weighted by atomic mass is 9.77. The average Bonchev–Trinajstić information content (AvgIpc) is 2.58. The van der Waals surface area contributed by atoms with Gasteiger partial charge in [0.15, 0.2) is 11.6 Å². The quantitative estimate of drug-likeness (QED) is 0.671. The van der Waals surface area contributed by atoms with E-state index < -0.39 is 0 Å². The first-order chi connectivity index (χ1) is 12.3. The lowest BCUT2D eigenvalue weighted by molar-refractivity contribution is 0.100. The molecule has 0 aliphatic rings. The van der Waals surface area contributed by atoms with Crippen LogP contribution in [-0.2, 0) is 0 Å². The zero-order valence-corrected chi connectivity index (χ0v) is 15.7. The summed E-state index contributed by atoms with van der Waals surface area (Å²) in [7, 11) is 0. The highest BCUT2D eigenvalue weighted by molar-refractivity contribution is 5.97. The van der Waals surface area contributed by atoms with Crippen LogP contribution in [0.4, 0.5) is 0 Å². The van der Waals surface area contributed by atoms with Crippen molar-refractivity contribution >= 4 is 11.6 Å². The van der Waals surface area contributed by atoms with Crippen molar-refractivity contribution < 1.29 is 19.8 Å². The van der Waals surface area contributed by atoms with Gasteiger partial charge in [0.05, 0.1) is 11.1 Å². The number of hydrogen-bond acceptors (Lipinski definition) is 4. The topological polar surface area (TPSA) is 74.6 Å². The van der Waals surface area contributed by atoms with E-state index in [1.165, 1.54) is 13.8 Å². The lowest BCUT2D eigenvalue weighted by Crippen LogP contribution is -2.11. The summed E-state index contributed by atoms with van der Waals surface area (Å²) >= 11 is 0. The number of benzene rings is 2. The van der Waals surface area contributed by atoms with Gasteiger partial charge in [-0.3, -0.25) is 9.59 Å². The number of phenolic OH excluding ortho intramolecular Hbond substituents is 2. The van der Waals surface area contributed by atoms with Gasteiger partial charge in [0.2, 0.25) is 0 Å². The van der Waals surface area contributed by atoms with Gasteiger partial charge >= 0.3 is 0 Å². The number of hydrogen-bond donors (Lipinski definition) is 2. The van der Waals surface area contributed by atoms with Gasteiger partial charge in [0, 0.05) is 0 Å². The fourth-order valence-electron chi connectivity index (χ4n) is 3.66. The molecule has 4 heteroatoms. The number of Topliss-reactive ketones (excluding diaryl/α,β-unsaturated/α-hetero) is 2. The summed E-state index contributed by atoms with van der Waals surface area (Å²) in [5.74, 6) is -0.0992. The molecule has 0 aromatic heterocycles. The average molecular weight is 354 g/mol. The first kappa shape index (κ1) is 19.7. The molecule has 0 spiro atoms. The van der Waals surface area contributed by atoms with Crippen LogP contribution in [0.1, 0.15) is 84.2 Å². The van der Waals surface area contributed by atoms with E-state index >= 15 is 0 Å². The molecule has 0 saturated carbocycles. The van der Waals surface area contributed by atoms with Crippen LogP contribution in [0.3, 0.4) is 0 Å². The Morgan fingerprint density at radius 3 is 1.35 bits per heavy atom. The number of carbonyl (C=O) groups excluding carboxylic acids is 2. The van der Waals surface area contributed by atoms with Crippen molar-refractivity contribution in [1.29, 1.82) is 0 Å². The Kier molecular flexibility index (Phi) is 6.19. The largest absolute Gasteiger partial charge is 0.507 e. The molecule has 0 amide bonds. The van der Waals surface area contributed by atoms with Gasteiger partial charge in [-0.1, -0.05) is 26.0 Å². The highest BCUT2D eigenvalue weighted by Crippen LogP contribution is 2.40. The first-order valence-electron chi connectivity index (χ1n) is 8.97. The smallest absolute Gasteiger partial charge is 0.163 e. The molecule has 0 fully saturated rings. The maximum absolute atomic E-state index is 11.5. The third-order valence-electron chi connectivity index (χ3n) is 5.02. The monoisotopic (exact) mass is 354 g/mol. The fourth-order valence-corrected chi connectivity index (χ4v) is 3.66. The SMILES string of the molecule is CC[C@H](c1ccc(C(C)=O)c(O)c1)[C@H](CC)c1ccc(C(C)=O)c(O)c1.